The van der Waals surface area contributed by atoms with Gasteiger partial charge < -0.3 is 20.2 Å². The van der Waals surface area contributed by atoms with Gasteiger partial charge in [0.1, 0.15) is 5.65 Å². The molecule has 0 radical (unpaired) electrons. The third kappa shape index (κ3) is 3.68. The second kappa shape index (κ2) is 7.92. The molecule has 0 bridgehead atoms. The van der Waals surface area contributed by atoms with Gasteiger partial charge >= 0.3 is 6.03 Å². The van der Waals surface area contributed by atoms with Crippen molar-refractivity contribution in [3.63, 3.8) is 0 Å². The maximum Gasteiger partial charge on any atom is 0.323 e. The Morgan fingerprint density at radius 3 is 2.74 bits per heavy atom. The van der Waals surface area contributed by atoms with Crippen molar-refractivity contribution >= 4 is 55.3 Å². The maximum atomic E-state index is 12.6. The molecule has 0 aliphatic heterocycles. The van der Waals surface area contributed by atoms with Crippen LogP contribution in [0.25, 0.3) is 21.9 Å². The second-order valence-corrected chi connectivity index (χ2v) is 8.24. The van der Waals surface area contributed by atoms with Crippen molar-refractivity contribution in [3.8, 4) is 0 Å². The van der Waals surface area contributed by atoms with E-state index in [9.17, 15) is 4.79 Å². The van der Waals surface area contributed by atoms with Gasteiger partial charge in [0, 0.05) is 46.1 Å². The number of carbonyl (C=O) groups is 1. The van der Waals surface area contributed by atoms with Gasteiger partial charge in [0.25, 0.3) is 0 Å². The van der Waals surface area contributed by atoms with Gasteiger partial charge in [0.2, 0.25) is 0 Å². The van der Waals surface area contributed by atoms with Gasteiger partial charge in [-0.2, -0.15) is 0 Å². The largest absolute Gasteiger partial charge is 0.346 e. The molecule has 0 spiro atoms. The zero-order valence-corrected chi connectivity index (χ0v) is 18.4. The predicted octanol–water partition coefficient (Wildman–Crippen LogP) is 6.28. The molecule has 0 aliphatic carbocycles. The number of pyridine rings is 1. The number of nitrogens with zero attached hydrogens (tertiary/aromatic N) is 2. The van der Waals surface area contributed by atoms with Gasteiger partial charge in [0.15, 0.2) is 0 Å². The average Bonchev–Trinajstić information content (AvgIpc) is 3.37. The lowest BCUT2D eigenvalue weighted by Crippen LogP contribution is -2.20. The van der Waals surface area contributed by atoms with Crippen molar-refractivity contribution < 1.29 is 4.79 Å². The Labute approximate surface area is 187 Å². The molecule has 0 saturated carbocycles. The molecular formula is C24H20BrN5O. The van der Waals surface area contributed by atoms with E-state index < -0.39 is 0 Å². The summed E-state index contributed by atoms with van der Waals surface area (Å²) < 4.78 is 3.13. The van der Waals surface area contributed by atoms with Crippen LogP contribution < -0.4 is 10.6 Å². The van der Waals surface area contributed by atoms with E-state index >= 15 is 0 Å². The first-order valence-electron chi connectivity index (χ1n) is 9.92. The fourth-order valence-corrected chi connectivity index (χ4v) is 4.18. The SMILES string of the molecule is Cc1c(Br)cccc1NC(=O)Nc1cccc2c1ccn2Cc1c[nH]c2ncccc12. The van der Waals surface area contributed by atoms with Crippen molar-refractivity contribution in [2.75, 3.05) is 10.6 Å². The van der Waals surface area contributed by atoms with Crippen LogP contribution in [0, 0.1) is 6.92 Å². The fraction of sp³-hybridized carbons (Fsp3) is 0.0833. The number of urea groups is 1. The first-order chi connectivity index (χ1) is 15.1. The van der Waals surface area contributed by atoms with Gasteiger partial charge in [-0.05, 0) is 60.5 Å². The number of aromatic amines is 1. The van der Waals surface area contributed by atoms with Crippen LogP contribution in [-0.2, 0) is 6.54 Å². The number of aromatic nitrogens is 3. The van der Waals surface area contributed by atoms with Crippen LogP contribution in [0.1, 0.15) is 11.1 Å². The van der Waals surface area contributed by atoms with Gasteiger partial charge in [-0.25, -0.2) is 9.78 Å². The summed E-state index contributed by atoms with van der Waals surface area (Å²) in [5.41, 5.74) is 5.62. The van der Waals surface area contributed by atoms with E-state index in [1.54, 1.807) is 6.20 Å². The molecule has 2 aromatic carbocycles. The maximum absolute atomic E-state index is 12.6. The molecule has 0 unspecified atom stereocenters. The summed E-state index contributed by atoms with van der Waals surface area (Å²) in [5, 5.41) is 8.02. The topological polar surface area (TPSA) is 74.7 Å². The normalized spacial score (nSPS) is 11.2. The molecule has 0 atom stereocenters. The molecule has 5 aromatic rings. The Morgan fingerprint density at radius 1 is 1.03 bits per heavy atom. The quantitative estimate of drug-likeness (QED) is 0.287. The molecule has 5 rings (SSSR count). The first-order valence-corrected chi connectivity index (χ1v) is 10.7. The molecule has 7 heteroatoms. The Balaban J connectivity index is 1.40. The van der Waals surface area contributed by atoms with Gasteiger partial charge in [-0.1, -0.05) is 28.1 Å². The third-order valence-corrected chi connectivity index (χ3v) is 6.31. The summed E-state index contributed by atoms with van der Waals surface area (Å²) in [7, 11) is 0. The number of carbonyl (C=O) groups excluding carboxylic acids is 1. The Morgan fingerprint density at radius 2 is 1.84 bits per heavy atom. The molecule has 6 nitrogen and oxygen atoms in total. The van der Waals surface area contributed by atoms with Crippen molar-refractivity contribution in [2.45, 2.75) is 13.5 Å². The number of nitrogens with one attached hydrogen (secondary N) is 3. The molecule has 3 aromatic heterocycles. The standard InChI is InChI=1S/C24H20BrN5O/c1-15-19(25)6-2-7-20(15)28-24(31)29-21-8-3-9-22-18(21)10-12-30(22)14-16-13-27-23-17(16)5-4-11-26-23/h2-13H,14H2,1H3,(H,26,27)(H2,28,29,31). The van der Waals surface area contributed by atoms with E-state index in [0.717, 1.165) is 43.3 Å². The zero-order valence-electron chi connectivity index (χ0n) is 16.8. The summed E-state index contributed by atoms with van der Waals surface area (Å²) in [6.07, 6.45) is 5.83. The Bertz CT molecular complexity index is 1420. The molecule has 2 amide bonds. The summed E-state index contributed by atoms with van der Waals surface area (Å²) in [6.45, 7) is 2.67. The molecule has 3 heterocycles. The summed E-state index contributed by atoms with van der Waals surface area (Å²) in [6, 6.07) is 17.4. The summed E-state index contributed by atoms with van der Waals surface area (Å²) in [5.74, 6) is 0. The van der Waals surface area contributed by atoms with Gasteiger partial charge in [0.05, 0.1) is 11.2 Å². The molecule has 31 heavy (non-hydrogen) atoms. The number of fused-ring (bicyclic) bond motifs is 2. The minimum Gasteiger partial charge on any atom is -0.346 e. The third-order valence-electron chi connectivity index (χ3n) is 5.46. The van der Waals surface area contributed by atoms with Gasteiger partial charge in [-0.15, -0.1) is 0 Å². The highest BCUT2D eigenvalue weighted by Crippen LogP contribution is 2.28. The van der Waals surface area contributed by atoms with Gasteiger partial charge in [-0.3, -0.25) is 0 Å². The van der Waals surface area contributed by atoms with Crippen molar-refractivity contribution in [2.24, 2.45) is 0 Å². The highest BCUT2D eigenvalue weighted by molar-refractivity contribution is 9.10. The molecule has 0 fully saturated rings. The van der Waals surface area contributed by atoms with E-state index in [2.05, 4.69) is 53.2 Å². The fourth-order valence-electron chi connectivity index (χ4n) is 3.82. The molecular weight excluding hydrogens is 454 g/mol. The number of amides is 2. The monoisotopic (exact) mass is 473 g/mol. The van der Waals surface area contributed by atoms with E-state index in [-0.39, 0.29) is 6.03 Å². The molecule has 154 valence electrons. The van der Waals surface area contributed by atoms with Crippen molar-refractivity contribution in [1.29, 1.82) is 0 Å². The lowest BCUT2D eigenvalue weighted by Gasteiger charge is -2.12. The van der Waals surface area contributed by atoms with E-state index in [4.69, 9.17) is 0 Å². The van der Waals surface area contributed by atoms with Crippen LogP contribution in [0.15, 0.2) is 77.7 Å². The van der Waals surface area contributed by atoms with Crippen LogP contribution in [-0.4, -0.2) is 20.6 Å². The number of halogens is 1. The summed E-state index contributed by atoms with van der Waals surface area (Å²) >= 11 is 3.50. The smallest absolute Gasteiger partial charge is 0.323 e. The molecule has 0 saturated heterocycles. The number of rotatable bonds is 4. The van der Waals surface area contributed by atoms with Crippen LogP contribution in [0.3, 0.4) is 0 Å². The Kier molecular flexibility index (Phi) is 4.95. The lowest BCUT2D eigenvalue weighted by molar-refractivity contribution is 0.262. The van der Waals surface area contributed by atoms with E-state index in [1.165, 1.54) is 5.56 Å². The van der Waals surface area contributed by atoms with E-state index in [0.29, 0.717) is 6.54 Å². The zero-order chi connectivity index (χ0) is 21.4. The second-order valence-electron chi connectivity index (χ2n) is 7.39. The molecule has 3 N–H and O–H groups in total. The molecule has 0 aliphatic rings. The Hall–Kier alpha value is -3.58. The number of hydrogen-bond donors (Lipinski definition) is 3. The van der Waals surface area contributed by atoms with Crippen LogP contribution >= 0.6 is 15.9 Å². The highest BCUT2D eigenvalue weighted by Gasteiger charge is 2.12. The van der Waals surface area contributed by atoms with Crippen LogP contribution in [0.4, 0.5) is 16.2 Å². The average molecular weight is 474 g/mol. The summed E-state index contributed by atoms with van der Waals surface area (Å²) in [4.78, 5) is 20.2. The number of hydrogen-bond acceptors (Lipinski definition) is 2. The van der Waals surface area contributed by atoms with Crippen molar-refractivity contribution in [3.05, 3.63) is 88.8 Å². The minimum atomic E-state index is -0.274. The number of anilines is 2. The predicted molar refractivity (Wildman–Crippen MR) is 129 cm³/mol. The number of H-pyrrole nitrogens is 1. The highest BCUT2D eigenvalue weighted by atomic mass is 79.9. The first kappa shape index (κ1) is 19.4. The van der Waals surface area contributed by atoms with Crippen molar-refractivity contribution in [1.82, 2.24) is 14.5 Å². The number of benzene rings is 2. The van der Waals surface area contributed by atoms with Crippen LogP contribution in [0.2, 0.25) is 0 Å². The lowest BCUT2D eigenvalue weighted by atomic mass is 10.2. The van der Waals surface area contributed by atoms with E-state index in [1.807, 2.05) is 61.8 Å². The van der Waals surface area contributed by atoms with Crippen LogP contribution in [0.5, 0.6) is 0 Å². The minimum absolute atomic E-state index is 0.274.